The van der Waals surface area contributed by atoms with Crippen LogP contribution in [0.4, 0.5) is 14.5 Å². The molecule has 0 spiro atoms. The van der Waals surface area contributed by atoms with Crippen molar-refractivity contribution in [2.75, 3.05) is 0 Å². The zero-order valence-electron chi connectivity index (χ0n) is 7.80. The lowest BCUT2D eigenvalue weighted by Crippen LogP contribution is -2.21. The Morgan fingerprint density at radius 1 is 1.38 bits per heavy atom. The van der Waals surface area contributed by atoms with Gasteiger partial charge in [0.05, 0.1) is 5.69 Å². The number of hydrogen-bond acceptors (Lipinski definition) is 3. The fourth-order valence-electron chi connectivity index (χ4n) is 0.704. The van der Waals surface area contributed by atoms with Crippen LogP contribution in [0.15, 0.2) is 23.2 Å². The summed E-state index contributed by atoms with van der Waals surface area (Å²) in [5.74, 6) is -2.09. The Morgan fingerprint density at radius 2 is 1.88 bits per heavy atom. The van der Waals surface area contributed by atoms with Gasteiger partial charge >= 0.3 is 0 Å². The summed E-state index contributed by atoms with van der Waals surface area (Å²) in [7, 11) is 0. The van der Waals surface area contributed by atoms with Crippen molar-refractivity contribution >= 4 is 11.6 Å². The van der Waals surface area contributed by atoms with Crippen LogP contribution in [-0.2, 0) is 0 Å². The second-order valence-corrected chi connectivity index (χ2v) is 2.37. The maximum atomic E-state index is 12.5. The first-order valence-corrected chi connectivity index (χ1v) is 3.71. The molecular weight excluding hydrogens is 226 g/mol. The molecule has 0 aromatic heterocycles. The van der Waals surface area contributed by atoms with E-state index in [2.05, 4.69) is 4.99 Å². The Balaban J connectivity index is 0.000000487. The van der Waals surface area contributed by atoms with Crippen molar-refractivity contribution in [2.24, 2.45) is 16.5 Å². The number of halogens is 2. The molecule has 9 heteroatoms. The zero-order chi connectivity index (χ0) is 12.7. The third-order valence-corrected chi connectivity index (χ3v) is 1.16. The van der Waals surface area contributed by atoms with E-state index >= 15 is 0 Å². The predicted octanol–water partition coefficient (Wildman–Crippen LogP) is 0.522. The van der Waals surface area contributed by atoms with E-state index in [-0.39, 0.29) is 11.6 Å². The molecule has 0 saturated heterocycles. The van der Waals surface area contributed by atoms with Gasteiger partial charge in [0.25, 0.3) is 5.09 Å². The van der Waals surface area contributed by atoms with Crippen molar-refractivity contribution in [1.29, 1.82) is 0 Å². The van der Waals surface area contributed by atoms with Gasteiger partial charge in [0.2, 0.25) is 0 Å². The van der Waals surface area contributed by atoms with Crippen LogP contribution in [0.3, 0.4) is 0 Å². The average Bonchev–Trinajstić information content (AvgIpc) is 2.09. The summed E-state index contributed by atoms with van der Waals surface area (Å²) in [5, 5.41) is 13.6. The minimum absolute atomic E-state index is 0.189. The maximum absolute atomic E-state index is 12.5. The van der Waals surface area contributed by atoms with E-state index in [4.69, 9.17) is 26.8 Å². The molecule has 7 nitrogen and oxygen atoms in total. The van der Waals surface area contributed by atoms with Crippen LogP contribution in [-0.4, -0.2) is 16.3 Å². The van der Waals surface area contributed by atoms with Crippen molar-refractivity contribution in [1.82, 2.24) is 0 Å². The van der Waals surface area contributed by atoms with Gasteiger partial charge in [0.1, 0.15) is 0 Å². The molecule has 0 bridgehead atoms. The van der Waals surface area contributed by atoms with Crippen LogP contribution in [0.1, 0.15) is 0 Å². The molecule has 0 heterocycles. The largest absolute Gasteiger partial charge is 0.370 e. The molecule has 0 aliphatic rings. The SMILES string of the molecule is NC(N)=Nc1ccc(F)c(F)c1.O=[N+]([O-])O. The van der Waals surface area contributed by atoms with Crippen molar-refractivity contribution in [3.63, 3.8) is 0 Å². The number of nitrogens with two attached hydrogens (primary N) is 2. The fraction of sp³-hybridized carbons (Fsp3) is 0. The van der Waals surface area contributed by atoms with E-state index in [1.54, 1.807) is 0 Å². The first-order chi connectivity index (χ1) is 7.32. The summed E-state index contributed by atoms with van der Waals surface area (Å²) in [6.07, 6.45) is 0. The zero-order valence-corrected chi connectivity index (χ0v) is 7.80. The number of hydrogen-bond donors (Lipinski definition) is 3. The molecule has 0 aliphatic heterocycles. The molecule has 0 radical (unpaired) electrons. The van der Waals surface area contributed by atoms with E-state index < -0.39 is 16.7 Å². The minimum Gasteiger partial charge on any atom is -0.370 e. The molecule has 1 rings (SSSR count). The van der Waals surface area contributed by atoms with Crippen molar-refractivity contribution in [3.8, 4) is 0 Å². The van der Waals surface area contributed by atoms with Crippen LogP contribution in [0.25, 0.3) is 0 Å². The molecule has 0 aliphatic carbocycles. The third kappa shape index (κ3) is 6.07. The highest BCUT2D eigenvalue weighted by Gasteiger charge is 2.00. The Morgan fingerprint density at radius 3 is 2.25 bits per heavy atom. The fourth-order valence-corrected chi connectivity index (χ4v) is 0.704. The number of benzene rings is 1. The molecule has 0 saturated carbocycles. The highest BCUT2D eigenvalue weighted by molar-refractivity contribution is 5.78. The topological polar surface area (TPSA) is 128 Å². The van der Waals surface area contributed by atoms with Crippen LogP contribution < -0.4 is 11.5 Å². The number of rotatable bonds is 1. The minimum atomic E-state index is -1.50. The van der Waals surface area contributed by atoms with E-state index in [0.717, 1.165) is 12.1 Å². The Hall–Kier alpha value is -2.45. The molecule has 88 valence electrons. The lowest BCUT2D eigenvalue weighted by molar-refractivity contribution is -0.742. The van der Waals surface area contributed by atoms with Crippen LogP contribution in [0.2, 0.25) is 0 Å². The van der Waals surface area contributed by atoms with E-state index in [1.807, 2.05) is 0 Å². The smallest absolute Gasteiger partial charge is 0.291 e. The first-order valence-electron chi connectivity index (χ1n) is 3.71. The standard InChI is InChI=1S/C7H7F2N3.HNO3/c8-5-2-1-4(3-6(5)9)12-7(10)11;2-1(3)4/h1-3H,(H4,10,11,12);(H,2,3,4). The van der Waals surface area contributed by atoms with Gasteiger partial charge in [0, 0.05) is 6.07 Å². The number of aliphatic imine (C=N–C) groups is 1. The van der Waals surface area contributed by atoms with Gasteiger partial charge in [0.15, 0.2) is 17.6 Å². The summed E-state index contributed by atoms with van der Waals surface area (Å²) >= 11 is 0. The summed E-state index contributed by atoms with van der Waals surface area (Å²) < 4.78 is 24.9. The van der Waals surface area contributed by atoms with E-state index in [9.17, 15) is 8.78 Å². The van der Waals surface area contributed by atoms with Gasteiger partial charge in [-0.3, -0.25) is 0 Å². The van der Waals surface area contributed by atoms with Gasteiger partial charge in [-0.05, 0) is 12.1 Å². The first kappa shape index (κ1) is 13.6. The Kier molecular flexibility index (Phi) is 5.18. The van der Waals surface area contributed by atoms with Gasteiger partial charge in [-0.15, -0.1) is 10.1 Å². The molecule has 0 amide bonds. The highest BCUT2D eigenvalue weighted by atomic mass is 19.2. The summed E-state index contributed by atoms with van der Waals surface area (Å²) in [4.78, 5) is 11.9. The molecule has 0 fully saturated rings. The molecule has 1 aromatic carbocycles. The molecule has 0 atom stereocenters. The monoisotopic (exact) mass is 234 g/mol. The van der Waals surface area contributed by atoms with Crippen molar-refractivity contribution in [3.05, 3.63) is 39.9 Å². The van der Waals surface area contributed by atoms with Crippen LogP contribution in [0.5, 0.6) is 0 Å². The van der Waals surface area contributed by atoms with Gasteiger partial charge in [-0.25, -0.2) is 13.8 Å². The lowest BCUT2D eigenvalue weighted by Gasteiger charge is -1.95. The number of guanidine groups is 1. The van der Waals surface area contributed by atoms with Gasteiger partial charge < -0.3 is 16.7 Å². The second kappa shape index (κ2) is 6.11. The van der Waals surface area contributed by atoms with Gasteiger partial charge in [-0.2, -0.15) is 0 Å². The predicted molar refractivity (Wildman–Crippen MR) is 50.6 cm³/mol. The number of nitrogens with zero attached hydrogens (tertiary/aromatic N) is 2. The van der Waals surface area contributed by atoms with Crippen LogP contribution >= 0.6 is 0 Å². The summed E-state index contributed by atoms with van der Waals surface area (Å²) in [5.41, 5.74) is 10.2. The van der Waals surface area contributed by atoms with E-state index in [0.29, 0.717) is 0 Å². The summed E-state index contributed by atoms with van der Waals surface area (Å²) in [6.45, 7) is 0. The summed E-state index contributed by atoms with van der Waals surface area (Å²) in [6, 6.07) is 3.14. The molecule has 0 unspecified atom stereocenters. The molecule has 1 aromatic rings. The highest BCUT2D eigenvalue weighted by Crippen LogP contribution is 2.15. The molecular formula is C7H8F2N4O3. The van der Waals surface area contributed by atoms with Crippen LogP contribution in [0, 0.1) is 21.7 Å². The maximum Gasteiger partial charge on any atom is 0.291 e. The second-order valence-electron chi connectivity index (χ2n) is 2.37. The van der Waals surface area contributed by atoms with Crippen molar-refractivity contribution < 1.29 is 19.1 Å². The molecule has 16 heavy (non-hydrogen) atoms. The van der Waals surface area contributed by atoms with E-state index in [1.165, 1.54) is 6.07 Å². The average molecular weight is 234 g/mol. The van der Waals surface area contributed by atoms with Crippen molar-refractivity contribution in [2.45, 2.75) is 0 Å². The molecule has 5 N–H and O–H groups in total. The quantitative estimate of drug-likeness (QED) is 0.282. The lowest BCUT2D eigenvalue weighted by atomic mass is 10.3. The Bertz CT molecular complexity index is 403. The third-order valence-electron chi connectivity index (χ3n) is 1.16. The normalized spacial score (nSPS) is 8.62. The Labute approximate surface area is 88.1 Å². The van der Waals surface area contributed by atoms with Gasteiger partial charge in [-0.1, -0.05) is 0 Å².